The molecule has 0 aliphatic heterocycles. The molecule has 2 aromatic heterocycles. The second-order valence-electron chi connectivity index (χ2n) is 8.24. The standard InChI is InChI=1S/C23H28ClN5O6/c1-14(2)9-17(23(33)26-20-7-8-28(27-20)12-15(31)13-30)29-21(32)10-16(11-25-29)35-19-6-4-5-18(34-3)22(19)24/h4-8,10-11,14-15,17,30-31H,9,12-13H2,1-3H3,(H,26,27,33)/t15-,17?/m1/s1. The third kappa shape index (κ3) is 6.81. The Bertz CT molecular complexity index is 1210. The molecule has 2 heterocycles. The lowest BCUT2D eigenvalue weighted by atomic mass is 10.0. The minimum Gasteiger partial charge on any atom is -0.495 e. The molecule has 0 fully saturated rings. The highest BCUT2D eigenvalue weighted by Gasteiger charge is 2.25. The summed E-state index contributed by atoms with van der Waals surface area (Å²) in [4.78, 5) is 26.0. The first kappa shape index (κ1) is 26.2. The van der Waals surface area contributed by atoms with Gasteiger partial charge in [0.15, 0.2) is 11.6 Å². The van der Waals surface area contributed by atoms with E-state index in [1.165, 1.54) is 24.1 Å². The summed E-state index contributed by atoms with van der Waals surface area (Å²) in [7, 11) is 1.48. The lowest BCUT2D eigenvalue weighted by molar-refractivity contribution is -0.120. The number of amides is 1. The van der Waals surface area contributed by atoms with Crippen molar-refractivity contribution in [2.45, 2.75) is 39.0 Å². The number of anilines is 1. The van der Waals surface area contributed by atoms with Crippen molar-refractivity contribution < 1.29 is 24.5 Å². The fourth-order valence-electron chi connectivity index (χ4n) is 3.32. The van der Waals surface area contributed by atoms with Crippen LogP contribution >= 0.6 is 11.6 Å². The maximum absolute atomic E-state index is 13.1. The summed E-state index contributed by atoms with van der Waals surface area (Å²) in [6, 6.07) is 6.89. The number of nitrogens with one attached hydrogen (secondary N) is 1. The zero-order valence-electron chi connectivity index (χ0n) is 19.6. The quantitative estimate of drug-likeness (QED) is 0.361. The molecule has 35 heavy (non-hydrogen) atoms. The van der Waals surface area contributed by atoms with Gasteiger partial charge in [0.1, 0.15) is 22.6 Å². The molecule has 0 radical (unpaired) electrons. The maximum Gasteiger partial charge on any atom is 0.271 e. The Morgan fingerprint density at radius 3 is 2.66 bits per heavy atom. The van der Waals surface area contributed by atoms with Crippen LogP contribution in [-0.4, -0.2) is 55.5 Å². The number of aromatic nitrogens is 4. The molecule has 0 aliphatic rings. The number of methoxy groups -OCH3 is 1. The molecule has 188 valence electrons. The van der Waals surface area contributed by atoms with E-state index in [1.807, 2.05) is 13.8 Å². The number of aliphatic hydroxyl groups excluding tert-OH is 2. The van der Waals surface area contributed by atoms with Crippen molar-refractivity contribution in [1.82, 2.24) is 19.6 Å². The summed E-state index contributed by atoms with van der Waals surface area (Å²) in [6.45, 7) is 3.52. The summed E-state index contributed by atoms with van der Waals surface area (Å²) in [5.74, 6) is 0.741. The fourth-order valence-corrected chi connectivity index (χ4v) is 3.56. The number of aliphatic hydroxyl groups is 2. The van der Waals surface area contributed by atoms with Crippen LogP contribution < -0.4 is 20.3 Å². The Balaban J connectivity index is 1.80. The molecule has 0 spiro atoms. The van der Waals surface area contributed by atoms with Crippen LogP contribution in [0.15, 0.2) is 47.5 Å². The van der Waals surface area contributed by atoms with Gasteiger partial charge in [-0.25, -0.2) is 4.68 Å². The average molecular weight is 506 g/mol. The zero-order chi connectivity index (χ0) is 25.5. The molecular weight excluding hydrogens is 478 g/mol. The molecule has 1 aromatic carbocycles. The third-order valence-corrected chi connectivity index (χ3v) is 5.34. The number of rotatable bonds is 11. The van der Waals surface area contributed by atoms with Crippen molar-refractivity contribution >= 4 is 23.3 Å². The fraction of sp³-hybridized carbons (Fsp3) is 0.391. The van der Waals surface area contributed by atoms with Gasteiger partial charge < -0.3 is 25.0 Å². The molecule has 0 bridgehead atoms. The summed E-state index contributed by atoms with van der Waals surface area (Å²) < 4.78 is 13.4. The van der Waals surface area contributed by atoms with Crippen LogP contribution in [0, 0.1) is 5.92 Å². The second kappa shape index (κ2) is 11.8. The van der Waals surface area contributed by atoms with Crippen LogP contribution in [-0.2, 0) is 11.3 Å². The largest absolute Gasteiger partial charge is 0.495 e. The number of hydrogen-bond donors (Lipinski definition) is 3. The van der Waals surface area contributed by atoms with Gasteiger partial charge in [-0.3, -0.25) is 14.3 Å². The van der Waals surface area contributed by atoms with Crippen molar-refractivity contribution in [3.8, 4) is 17.2 Å². The molecule has 3 rings (SSSR count). The number of carbonyl (C=O) groups is 1. The van der Waals surface area contributed by atoms with Crippen molar-refractivity contribution in [2.75, 3.05) is 19.0 Å². The van der Waals surface area contributed by atoms with Gasteiger partial charge in [-0.2, -0.15) is 10.2 Å². The van der Waals surface area contributed by atoms with Gasteiger partial charge >= 0.3 is 0 Å². The summed E-state index contributed by atoms with van der Waals surface area (Å²) in [6.07, 6.45) is 2.28. The number of ether oxygens (including phenoxy) is 2. The highest BCUT2D eigenvalue weighted by molar-refractivity contribution is 6.33. The van der Waals surface area contributed by atoms with E-state index in [0.717, 1.165) is 4.68 Å². The van der Waals surface area contributed by atoms with E-state index in [9.17, 15) is 14.7 Å². The van der Waals surface area contributed by atoms with Crippen molar-refractivity contribution in [3.63, 3.8) is 0 Å². The van der Waals surface area contributed by atoms with Crippen LogP contribution in [0.5, 0.6) is 17.2 Å². The number of halogens is 1. The lowest BCUT2D eigenvalue weighted by Gasteiger charge is -2.19. The monoisotopic (exact) mass is 505 g/mol. The minimum atomic E-state index is -0.970. The summed E-state index contributed by atoms with van der Waals surface area (Å²) in [5, 5.41) is 29.8. The molecule has 0 saturated carbocycles. The molecule has 3 N–H and O–H groups in total. The summed E-state index contributed by atoms with van der Waals surface area (Å²) in [5.41, 5.74) is -0.529. The van der Waals surface area contributed by atoms with Crippen LogP contribution in [0.25, 0.3) is 0 Å². The van der Waals surface area contributed by atoms with Gasteiger partial charge in [0.25, 0.3) is 11.5 Å². The van der Waals surface area contributed by atoms with Gasteiger partial charge in [-0.1, -0.05) is 31.5 Å². The van der Waals surface area contributed by atoms with Gasteiger partial charge in [0, 0.05) is 18.3 Å². The Labute approximate surface area is 206 Å². The Kier molecular flexibility index (Phi) is 8.85. The Morgan fingerprint density at radius 1 is 1.26 bits per heavy atom. The summed E-state index contributed by atoms with van der Waals surface area (Å²) >= 11 is 6.25. The van der Waals surface area contributed by atoms with E-state index in [-0.39, 0.29) is 29.1 Å². The first-order chi connectivity index (χ1) is 16.7. The molecular formula is C23H28ClN5O6. The number of carbonyl (C=O) groups excluding carboxylic acids is 1. The van der Waals surface area contributed by atoms with Crippen LogP contribution in [0.4, 0.5) is 5.82 Å². The van der Waals surface area contributed by atoms with Gasteiger partial charge in [-0.15, -0.1) is 0 Å². The smallest absolute Gasteiger partial charge is 0.271 e. The second-order valence-corrected chi connectivity index (χ2v) is 8.62. The Morgan fingerprint density at radius 2 is 2.00 bits per heavy atom. The maximum atomic E-state index is 13.1. The first-order valence-corrected chi connectivity index (χ1v) is 11.3. The van der Waals surface area contributed by atoms with E-state index in [2.05, 4.69) is 15.5 Å². The predicted octanol–water partition coefficient (Wildman–Crippen LogP) is 2.47. The minimum absolute atomic E-state index is 0.0710. The van der Waals surface area contributed by atoms with Crippen molar-refractivity contribution in [3.05, 3.63) is 58.1 Å². The highest BCUT2D eigenvalue weighted by atomic mass is 35.5. The van der Waals surface area contributed by atoms with Gasteiger partial charge in [0.2, 0.25) is 0 Å². The molecule has 0 saturated heterocycles. The Hall–Kier alpha value is -3.41. The molecule has 2 atom stereocenters. The normalized spacial score (nSPS) is 12.9. The molecule has 3 aromatic rings. The first-order valence-electron chi connectivity index (χ1n) is 10.9. The van der Waals surface area contributed by atoms with Crippen LogP contribution in [0.2, 0.25) is 5.02 Å². The molecule has 12 heteroatoms. The van der Waals surface area contributed by atoms with Crippen molar-refractivity contribution in [2.24, 2.45) is 5.92 Å². The molecule has 11 nitrogen and oxygen atoms in total. The van der Waals surface area contributed by atoms with E-state index < -0.39 is 30.2 Å². The molecule has 0 aliphatic carbocycles. The van der Waals surface area contributed by atoms with E-state index in [0.29, 0.717) is 17.9 Å². The van der Waals surface area contributed by atoms with E-state index in [1.54, 1.807) is 30.5 Å². The molecule has 1 unspecified atom stereocenters. The number of hydrogen-bond acceptors (Lipinski definition) is 8. The third-order valence-electron chi connectivity index (χ3n) is 4.97. The SMILES string of the molecule is COc1cccc(Oc2cnn(C(CC(C)C)C(=O)Nc3ccn(C[C@@H](O)CO)n3)c(=O)c2)c1Cl. The molecule has 1 amide bonds. The predicted molar refractivity (Wildman–Crippen MR) is 129 cm³/mol. The van der Waals surface area contributed by atoms with Gasteiger partial charge in [-0.05, 0) is 24.5 Å². The van der Waals surface area contributed by atoms with Crippen LogP contribution in [0.3, 0.4) is 0 Å². The zero-order valence-corrected chi connectivity index (χ0v) is 20.3. The van der Waals surface area contributed by atoms with Crippen molar-refractivity contribution in [1.29, 1.82) is 0 Å². The number of benzene rings is 1. The van der Waals surface area contributed by atoms with E-state index >= 15 is 0 Å². The van der Waals surface area contributed by atoms with E-state index in [4.69, 9.17) is 26.2 Å². The van der Waals surface area contributed by atoms with Gasteiger partial charge in [0.05, 0.1) is 32.6 Å². The van der Waals surface area contributed by atoms with Crippen LogP contribution in [0.1, 0.15) is 26.3 Å². The number of nitrogens with zero attached hydrogens (tertiary/aromatic N) is 4. The topological polar surface area (TPSA) is 141 Å². The lowest BCUT2D eigenvalue weighted by Crippen LogP contribution is -2.35. The average Bonchev–Trinajstić information content (AvgIpc) is 3.25. The highest BCUT2D eigenvalue weighted by Crippen LogP contribution is 2.35.